The number of halogens is 2. The van der Waals surface area contributed by atoms with Gasteiger partial charge in [-0.05, 0) is 0 Å². The van der Waals surface area contributed by atoms with Crippen LogP contribution in [0.1, 0.15) is 0 Å². The van der Waals surface area contributed by atoms with E-state index in [1.54, 1.807) is 4.98 Å². The van der Waals surface area contributed by atoms with Gasteiger partial charge in [0.05, 0.1) is 0 Å². The number of hydrogen-bond acceptors (Lipinski definition) is 2. The fraction of sp³-hybridized carbons (Fsp3) is 0. The third-order valence-electron chi connectivity index (χ3n) is 1.03. The summed E-state index contributed by atoms with van der Waals surface area (Å²) in [5.74, 6) is -1.00. The Morgan fingerprint density at radius 3 is 2.82 bits per heavy atom. The van der Waals surface area contributed by atoms with Crippen LogP contribution in [-0.4, -0.2) is 23.1 Å². The van der Waals surface area contributed by atoms with E-state index < -0.39 is 31.6 Å². The van der Waals surface area contributed by atoms with Gasteiger partial charge in [-0.25, -0.2) is 10.0 Å². The van der Waals surface area contributed by atoms with Crippen molar-refractivity contribution >= 4 is 24.6 Å². The van der Waals surface area contributed by atoms with Gasteiger partial charge in [0.1, 0.15) is 0 Å². The number of hydrogen-bond donors (Lipinski definition) is 1. The minimum atomic E-state index is -1.02. The summed E-state index contributed by atoms with van der Waals surface area (Å²) in [5, 5.41) is 0. The van der Waals surface area contributed by atoms with E-state index in [9.17, 15) is 14.0 Å². The van der Waals surface area contributed by atoms with Crippen molar-refractivity contribution in [3.05, 3.63) is 32.9 Å². The molecule has 1 heterocycles. The second-order valence-electron chi connectivity index (χ2n) is 1.74. The van der Waals surface area contributed by atoms with Gasteiger partial charge in [-0.1, -0.05) is 0 Å². The maximum Gasteiger partial charge on any atom is 0.527 e. The second-order valence-corrected chi connectivity index (χ2v) is 3.08. The normalized spacial score (nSPS) is 9.64. The highest BCUT2D eigenvalue weighted by Crippen LogP contribution is 1.81. The standard InChI is InChI=1S/C4H3FN2O2.Al.ClH/c5-2-1-6-4(9)7-3(2)8;;/h1H,(H2,6,7,8,9);;1H/q;+2;/p-2. The topological polar surface area (TPSA) is 54.9 Å². The van der Waals surface area contributed by atoms with Crippen LogP contribution in [0, 0.1) is 5.82 Å². The molecule has 0 spiro atoms. The molecule has 1 rings (SSSR count). The number of H-pyrrole nitrogens is 1. The fourth-order valence-corrected chi connectivity index (χ4v) is 1.31. The van der Waals surface area contributed by atoms with Crippen LogP contribution in [0.3, 0.4) is 0 Å². The largest absolute Gasteiger partial charge is 0.527 e. The van der Waals surface area contributed by atoms with E-state index in [1.807, 2.05) is 0 Å². The summed E-state index contributed by atoms with van der Waals surface area (Å²) >= 11 is -0.860. The van der Waals surface area contributed by atoms with Crippen molar-refractivity contribution in [3.8, 4) is 0 Å². The van der Waals surface area contributed by atoms with Crippen molar-refractivity contribution in [2.24, 2.45) is 0 Å². The van der Waals surface area contributed by atoms with Crippen molar-refractivity contribution in [2.45, 2.75) is 0 Å². The van der Waals surface area contributed by atoms with Crippen molar-refractivity contribution in [2.75, 3.05) is 0 Å². The lowest BCUT2D eigenvalue weighted by atomic mass is 10.6. The van der Waals surface area contributed by atoms with Crippen LogP contribution in [0.4, 0.5) is 4.39 Å². The molecule has 1 aromatic rings. The smallest absolute Gasteiger partial charge is 0.382 e. The summed E-state index contributed by atoms with van der Waals surface area (Å²) in [6.07, 6.45) is 0.795. The van der Waals surface area contributed by atoms with Crippen molar-refractivity contribution in [1.82, 2.24) is 8.53 Å². The molecular weight excluding hydrogens is 189 g/mol. The molecule has 0 bridgehead atoms. The molecule has 0 fully saturated rings. The van der Waals surface area contributed by atoms with E-state index in [-0.39, 0.29) is 0 Å². The Bertz CT molecular complexity index is 373. The van der Waals surface area contributed by atoms with E-state index in [2.05, 4.69) is 0 Å². The predicted octanol–water partition coefficient (Wildman–Crippen LogP) is -0.703. The third kappa shape index (κ3) is 1.71. The number of aromatic nitrogens is 2. The highest BCUT2D eigenvalue weighted by atomic mass is 35.6. The molecule has 0 aromatic carbocycles. The van der Waals surface area contributed by atoms with Gasteiger partial charge in [-0.2, -0.15) is 4.39 Å². The van der Waals surface area contributed by atoms with E-state index in [4.69, 9.17) is 10.0 Å². The van der Waals surface area contributed by atoms with E-state index in [0.29, 0.717) is 0 Å². The molecule has 0 amide bonds. The first-order valence-electron chi connectivity index (χ1n) is 2.59. The number of aromatic amines is 1. The molecule has 57 valence electrons. The molecule has 0 aliphatic carbocycles. The molecular formula is C4H2AlClFN2O2. The summed E-state index contributed by atoms with van der Waals surface area (Å²) in [6, 6.07) is 0. The van der Waals surface area contributed by atoms with Gasteiger partial charge in [-0.3, -0.25) is 14.6 Å². The Kier molecular flexibility index (Phi) is 2.50. The first-order chi connectivity index (χ1) is 5.15. The van der Waals surface area contributed by atoms with Crippen molar-refractivity contribution in [3.63, 3.8) is 0 Å². The average Bonchev–Trinajstić information content (AvgIpc) is 1.97. The van der Waals surface area contributed by atoms with Crippen LogP contribution in [0.15, 0.2) is 15.8 Å². The zero-order chi connectivity index (χ0) is 8.43. The molecule has 0 aliphatic heterocycles. The van der Waals surface area contributed by atoms with Crippen molar-refractivity contribution in [1.29, 1.82) is 0 Å². The number of rotatable bonds is 1. The minimum Gasteiger partial charge on any atom is -0.382 e. The lowest BCUT2D eigenvalue weighted by Gasteiger charge is -1.95. The quantitative estimate of drug-likeness (QED) is 0.597. The Balaban J connectivity index is 3.45. The van der Waals surface area contributed by atoms with Crippen LogP contribution in [0.25, 0.3) is 0 Å². The highest BCUT2D eigenvalue weighted by molar-refractivity contribution is 6.92. The van der Waals surface area contributed by atoms with E-state index in [1.165, 1.54) is 0 Å². The van der Waals surface area contributed by atoms with E-state index >= 15 is 0 Å². The third-order valence-corrected chi connectivity index (χ3v) is 2.25. The summed E-state index contributed by atoms with van der Waals surface area (Å²) in [5.41, 5.74) is -1.70. The Hall–Kier alpha value is -0.568. The van der Waals surface area contributed by atoms with Crippen LogP contribution >= 0.6 is 10.0 Å². The first-order valence-corrected chi connectivity index (χ1v) is 4.86. The Morgan fingerprint density at radius 1 is 1.64 bits per heavy atom. The van der Waals surface area contributed by atoms with Crippen LogP contribution in [-0.2, 0) is 0 Å². The monoisotopic (exact) mass is 191 g/mol. The molecule has 1 N–H and O–H groups in total. The number of nitrogens with one attached hydrogen (secondary N) is 1. The SMILES string of the molecule is O=c1[nH]c(=O)[n]([Al][Cl])cc1F. The summed E-state index contributed by atoms with van der Waals surface area (Å²) in [7, 11) is 5.31. The van der Waals surface area contributed by atoms with Gasteiger partial charge in [-0.15, -0.1) is 0 Å². The molecule has 1 aromatic heterocycles. The Labute approximate surface area is 70.8 Å². The predicted molar refractivity (Wildman–Crippen MR) is 38.3 cm³/mol. The highest BCUT2D eigenvalue weighted by Gasteiger charge is 2.02. The lowest BCUT2D eigenvalue weighted by Crippen LogP contribution is -2.32. The molecule has 11 heavy (non-hydrogen) atoms. The molecule has 0 unspecified atom stereocenters. The van der Waals surface area contributed by atoms with Crippen LogP contribution in [0.2, 0.25) is 0 Å². The average molecular weight is 192 g/mol. The maximum absolute atomic E-state index is 12.4. The van der Waals surface area contributed by atoms with E-state index in [0.717, 1.165) is 9.75 Å². The molecule has 4 nitrogen and oxygen atoms in total. The number of nitrogens with zero attached hydrogens (tertiary/aromatic N) is 1. The maximum atomic E-state index is 12.4. The van der Waals surface area contributed by atoms with Crippen LogP contribution < -0.4 is 11.2 Å². The molecule has 1 radical (unpaired) electrons. The summed E-state index contributed by atoms with van der Waals surface area (Å²) in [6.45, 7) is 0. The molecule has 7 heteroatoms. The zero-order valence-electron chi connectivity index (χ0n) is 5.17. The first kappa shape index (κ1) is 8.53. The van der Waals surface area contributed by atoms with Gasteiger partial charge < -0.3 is 3.55 Å². The zero-order valence-corrected chi connectivity index (χ0v) is 7.08. The van der Waals surface area contributed by atoms with Gasteiger partial charge in [0, 0.05) is 6.20 Å². The van der Waals surface area contributed by atoms with Gasteiger partial charge in [0.2, 0.25) is 5.82 Å². The minimum absolute atomic E-state index is 0.679. The molecule has 0 atom stereocenters. The van der Waals surface area contributed by atoms with Gasteiger partial charge in [0.15, 0.2) is 0 Å². The molecule has 0 saturated heterocycles. The Morgan fingerprint density at radius 2 is 2.27 bits per heavy atom. The molecule has 0 aliphatic rings. The van der Waals surface area contributed by atoms with Crippen LogP contribution in [0.5, 0.6) is 0 Å². The van der Waals surface area contributed by atoms with Gasteiger partial charge in [0.25, 0.3) is 5.56 Å². The fourth-order valence-electron chi connectivity index (χ4n) is 0.533. The second kappa shape index (κ2) is 3.22. The van der Waals surface area contributed by atoms with Crippen molar-refractivity contribution < 1.29 is 4.39 Å². The lowest BCUT2D eigenvalue weighted by molar-refractivity contribution is 0.592. The summed E-state index contributed by atoms with van der Waals surface area (Å²) < 4.78 is 13.3. The summed E-state index contributed by atoms with van der Waals surface area (Å²) in [4.78, 5) is 22.9. The molecule has 0 saturated carbocycles. The van der Waals surface area contributed by atoms with Gasteiger partial charge >= 0.3 is 20.2 Å².